The first kappa shape index (κ1) is 16.1. The number of benzene rings is 2. The predicted molar refractivity (Wildman–Crippen MR) is 99.3 cm³/mol. The molecule has 10 nitrogen and oxygen atoms in total. The summed E-state index contributed by atoms with van der Waals surface area (Å²) in [5.74, 6) is -0.363. The van der Waals surface area contributed by atoms with E-state index in [0.717, 1.165) is 11.2 Å². The van der Waals surface area contributed by atoms with Gasteiger partial charge in [0.05, 0.1) is 28.7 Å². The average Bonchev–Trinajstić information content (AvgIpc) is 3.32. The van der Waals surface area contributed by atoms with E-state index in [1.54, 1.807) is 40.0 Å². The maximum atomic E-state index is 12.2. The minimum atomic E-state index is -0.754. The third-order valence-corrected chi connectivity index (χ3v) is 4.52. The second-order valence-electron chi connectivity index (χ2n) is 6.22. The van der Waals surface area contributed by atoms with Gasteiger partial charge < -0.3 is 4.42 Å². The van der Waals surface area contributed by atoms with Crippen molar-refractivity contribution in [3.63, 3.8) is 0 Å². The Balaban J connectivity index is 1.59. The van der Waals surface area contributed by atoms with E-state index >= 15 is 0 Å². The lowest BCUT2D eigenvalue weighted by molar-refractivity contribution is 0.422. The van der Waals surface area contributed by atoms with Crippen LogP contribution >= 0.6 is 0 Å². The number of para-hydroxylation sites is 1. The summed E-state index contributed by atoms with van der Waals surface area (Å²) in [5, 5.41) is 13.0. The molecule has 28 heavy (non-hydrogen) atoms. The SMILES string of the molecule is Cn1nnc2c(-n3cnc(Cn4c(=O)oc(=O)c5ccccc54)n3)cccc21. The van der Waals surface area contributed by atoms with Crippen LogP contribution in [0.2, 0.25) is 0 Å². The maximum absolute atomic E-state index is 12.2. The van der Waals surface area contributed by atoms with Crippen molar-refractivity contribution in [2.24, 2.45) is 7.05 Å². The van der Waals surface area contributed by atoms with Crippen LogP contribution in [0.15, 0.2) is 62.8 Å². The van der Waals surface area contributed by atoms with Crippen molar-refractivity contribution in [2.45, 2.75) is 6.54 Å². The highest BCUT2D eigenvalue weighted by Gasteiger charge is 2.14. The van der Waals surface area contributed by atoms with Gasteiger partial charge in [-0.25, -0.2) is 23.9 Å². The quantitative estimate of drug-likeness (QED) is 0.459. The van der Waals surface area contributed by atoms with E-state index in [9.17, 15) is 9.59 Å². The summed E-state index contributed by atoms with van der Waals surface area (Å²) in [6.45, 7) is 0.0621. The Bertz CT molecular complexity index is 1460. The summed E-state index contributed by atoms with van der Waals surface area (Å²) in [6, 6.07) is 12.4. The molecule has 10 heteroatoms. The fourth-order valence-corrected chi connectivity index (χ4v) is 3.17. The van der Waals surface area contributed by atoms with Crippen LogP contribution in [0, 0.1) is 0 Å². The van der Waals surface area contributed by atoms with Crippen LogP contribution in [-0.4, -0.2) is 34.3 Å². The zero-order valence-corrected chi connectivity index (χ0v) is 14.7. The Kier molecular flexibility index (Phi) is 3.44. The molecule has 2 aromatic carbocycles. The molecule has 0 spiro atoms. The molecule has 0 saturated heterocycles. The van der Waals surface area contributed by atoms with E-state index in [-0.39, 0.29) is 6.54 Å². The van der Waals surface area contributed by atoms with Gasteiger partial charge in [-0.1, -0.05) is 23.4 Å². The topological polar surface area (TPSA) is 114 Å². The Morgan fingerprint density at radius 2 is 1.86 bits per heavy atom. The molecular weight excluding hydrogens is 362 g/mol. The highest BCUT2D eigenvalue weighted by atomic mass is 16.4. The number of hydrogen-bond donors (Lipinski definition) is 0. The van der Waals surface area contributed by atoms with Crippen molar-refractivity contribution < 1.29 is 4.42 Å². The normalized spacial score (nSPS) is 11.5. The minimum Gasteiger partial charge on any atom is -0.372 e. The van der Waals surface area contributed by atoms with Crippen LogP contribution in [-0.2, 0) is 13.6 Å². The molecular formula is C18H13N7O3. The molecule has 0 fully saturated rings. The van der Waals surface area contributed by atoms with Gasteiger partial charge in [0.15, 0.2) is 5.82 Å². The van der Waals surface area contributed by atoms with Gasteiger partial charge in [0, 0.05) is 7.05 Å². The van der Waals surface area contributed by atoms with Crippen molar-refractivity contribution in [2.75, 3.05) is 0 Å². The van der Waals surface area contributed by atoms with E-state index in [2.05, 4.69) is 20.4 Å². The van der Waals surface area contributed by atoms with Gasteiger partial charge in [0.2, 0.25) is 0 Å². The Morgan fingerprint density at radius 1 is 1.04 bits per heavy atom. The zero-order chi connectivity index (χ0) is 19.3. The second kappa shape index (κ2) is 5.98. The highest BCUT2D eigenvalue weighted by molar-refractivity contribution is 5.83. The molecule has 3 heterocycles. The first-order valence-electron chi connectivity index (χ1n) is 8.44. The number of hydrogen-bond acceptors (Lipinski definition) is 7. The van der Waals surface area contributed by atoms with Gasteiger partial charge >= 0.3 is 11.4 Å². The lowest BCUT2D eigenvalue weighted by atomic mass is 10.2. The van der Waals surface area contributed by atoms with Crippen LogP contribution in [0.4, 0.5) is 0 Å². The molecule has 0 bridgehead atoms. The lowest BCUT2D eigenvalue weighted by Crippen LogP contribution is -2.25. The van der Waals surface area contributed by atoms with Gasteiger partial charge in [0.1, 0.15) is 11.8 Å². The van der Waals surface area contributed by atoms with E-state index in [1.807, 2.05) is 25.2 Å². The Hall–Kier alpha value is -4.08. The van der Waals surface area contributed by atoms with Gasteiger partial charge in [-0.3, -0.25) is 4.57 Å². The maximum Gasteiger partial charge on any atom is 0.422 e. The monoisotopic (exact) mass is 375 g/mol. The number of rotatable bonds is 3. The van der Waals surface area contributed by atoms with Crippen LogP contribution in [0.1, 0.15) is 5.82 Å². The molecule has 0 aliphatic carbocycles. The largest absolute Gasteiger partial charge is 0.422 e. The minimum absolute atomic E-state index is 0.0621. The van der Waals surface area contributed by atoms with Crippen molar-refractivity contribution >= 4 is 21.9 Å². The molecule has 0 aliphatic heterocycles. The molecule has 5 aromatic rings. The molecule has 5 rings (SSSR count). The summed E-state index contributed by atoms with van der Waals surface area (Å²) in [7, 11) is 1.81. The van der Waals surface area contributed by atoms with E-state index in [0.29, 0.717) is 22.2 Å². The molecule has 0 atom stereocenters. The van der Waals surface area contributed by atoms with E-state index in [4.69, 9.17) is 4.42 Å². The molecule has 0 aliphatic rings. The predicted octanol–water partition coefficient (Wildman–Crippen LogP) is 0.865. The number of fused-ring (bicyclic) bond motifs is 2. The number of nitrogens with zero attached hydrogens (tertiary/aromatic N) is 7. The first-order valence-corrected chi connectivity index (χ1v) is 8.44. The van der Waals surface area contributed by atoms with Gasteiger partial charge in [0.25, 0.3) is 0 Å². The molecule has 3 aromatic heterocycles. The smallest absolute Gasteiger partial charge is 0.372 e. The average molecular weight is 375 g/mol. The number of aromatic nitrogens is 7. The summed E-state index contributed by atoms with van der Waals surface area (Å²) >= 11 is 0. The second-order valence-corrected chi connectivity index (χ2v) is 6.22. The van der Waals surface area contributed by atoms with E-state index in [1.165, 1.54) is 4.57 Å². The summed E-state index contributed by atoms with van der Waals surface area (Å²) in [6.07, 6.45) is 1.55. The third-order valence-electron chi connectivity index (χ3n) is 4.52. The van der Waals surface area contributed by atoms with Gasteiger partial charge in [-0.15, -0.1) is 10.2 Å². The zero-order valence-electron chi connectivity index (χ0n) is 14.7. The molecule has 0 saturated carbocycles. The van der Waals surface area contributed by atoms with Crippen molar-refractivity contribution in [1.29, 1.82) is 0 Å². The number of aryl methyl sites for hydroxylation is 1. The Morgan fingerprint density at radius 3 is 2.75 bits per heavy atom. The molecule has 0 amide bonds. The van der Waals surface area contributed by atoms with Crippen molar-refractivity contribution in [3.8, 4) is 5.69 Å². The highest BCUT2D eigenvalue weighted by Crippen LogP contribution is 2.18. The standard InChI is InChI=1S/C18H13N7O3/c1-23-13-7-4-8-14(16(13)20-22-23)25-10-19-15(21-25)9-24-12-6-3-2-5-11(12)17(26)28-18(24)27/h2-8,10H,9H2,1H3. The first-order chi connectivity index (χ1) is 13.6. The fraction of sp³-hybridized carbons (Fsp3) is 0.111. The van der Waals surface area contributed by atoms with Crippen LogP contribution in [0.25, 0.3) is 27.6 Å². The van der Waals surface area contributed by atoms with Crippen LogP contribution < -0.4 is 11.4 Å². The summed E-state index contributed by atoms with van der Waals surface area (Å²) in [4.78, 5) is 28.4. The van der Waals surface area contributed by atoms with Gasteiger partial charge in [-0.2, -0.15) is 0 Å². The Labute approximate surface area is 156 Å². The van der Waals surface area contributed by atoms with E-state index < -0.39 is 11.4 Å². The molecule has 0 N–H and O–H groups in total. The molecule has 0 unspecified atom stereocenters. The molecule has 138 valence electrons. The van der Waals surface area contributed by atoms with Crippen LogP contribution in [0.3, 0.4) is 0 Å². The summed E-state index contributed by atoms with van der Waals surface area (Å²) in [5.41, 5.74) is 2.08. The van der Waals surface area contributed by atoms with Crippen molar-refractivity contribution in [1.82, 2.24) is 34.3 Å². The summed E-state index contributed by atoms with van der Waals surface area (Å²) < 4.78 is 9.40. The fourth-order valence-electron chi connectivity index (χ4n) is 3.17. The lowest BCUT2D eigenvalue weighted by Gasteiger charge is -2.05. The third kappa shape index (κ3) is 2.42. The van der Waals surface area contributed by atoms with Gasteiger partial charge in [-0.05, 0) is 24.3 Å². The molecule has 0 radical (unpaired) electrons. The van der Waals surface area contributed by atoms with Crippen molar-refractivity contribution in [3.05, 3.63) is 75.6 Å². The van der Waals surface area contributed by atoms with Crippen LogP contribution in [0.5, 0.6) is 0 Å².